The first-order chi connectivity index (χ1) is 9.06. The van der Waals surface area contributed by atoms with Crippen LogP contribution in [0, 0.1) is 18.8 Å². The molecule has 1 aromatic rings. The van der Waals surface area contributed by atoms with Crippen molar-refractivity contribution in [1.29, 1.82) is 0 Å². The van der Waals surface area contributed by atoms with E-state index in [1.165, 1.54) is 11.1 Å². The van der Waals surface area contributed by atoms with Gasteiger partial charge in [-0.3, -0.25) is 4.98 Å². The summed E-state index contributed by atoms with van der Waals surface area (Å²) >= 11 is 0. The van der Waals surface area contributed by atoms with E-state index in [0.717, 1.165) is 6.54 Å². The minimum absolute atomic E-state index is 0.286. The molecule has 0 aromatic carbocycles. The van der Waals surface area contributed by atoms with Gasteiger partial charge in [-0.05, 0) is 50.4 Å². The third kappa shape index (κ3) is 2.82. The van der Waals surface area contributed by atoms with Gasteiger partial charge in [-0.15, -0.1) is 0 Å². The second-order valence-corrected chi connectivity index (χ2v) is 5.75. The summed E-state index contributed by atoms with van der Waals surface area (Å²) in [4.78, 5) is 4.31. The summed E-state index contributed by atoms with van der Waals surface area (Å²) in [6, 6.07) is 2.42. The summed E-state index contributed by atoms with van der Waals surface area (Å²) in [5, 5.41) is 3.64. The van der Waals surface area contributed by atoms with Crippen molar-refractivity contribution in [3.8, 4) is 0 Å². The van der Waals surface area contributed by atoms with Gasteiger partial charge >= 0.3 is 0 Å². The first-order valence-corrected chi connectivity index (χ1v) is 7.35. The minimum atomic E-state index is 0.286. The average molecular weight is 262 g/mol. The van der Waals surface area contributed by atoms with Crippen molar-refractivity contribution in [3.05, 3.63) is 29.6 Å². The number of aryl methyl sites for hydroxylation is 1. The fourth-order valence-electron chi connectivity index (χ4n) is 3.34. The lowest BCUT2D eigenvalue weighted by atomic mass is 9.80. The lowest BCUT2D eigenvalue weighted by Gasteiger charge is -2.30. The number of hydrogen-bond acceptors (Lipinski definition) is 3. The minimum Gasteiger partial charge on any atom is -0.375 e. The van der Waals surface area contributed by atoms with Crippen LogP contribution >= 0.6 is 0 Å². The third-order valence-corrected chi connectivity index (χ3v) is 4.54. The average Bonchev–Trinajstić information content (AvgIpc) is 2.62. The standard InChI is InChI=1S/C16H26N2O/c1-6-18-16(14-9-17-8-7-10(14)2)15-11(3)12(4)19-13(15)5/h7-9,11-13,15-16,18H,6H2,1-5H3. The number of nitrogens with zero attached hydrogens (tertiary/aromatic N) is 1. The molecule has 3 nitrogen and oxygen atoms in total. The maximum absolute atomic E-state index is 6.01. The molecular formula is C16H26N2O. The Morgan fingerprint density at radius 1 is 1.32 bits per heavy atom. The molecule has 1 N–H and O–H groups in total. The van der Waals surface area contributed by atoms with Crippen LogP contribution < -0.4 is 5.32 Å². The lowest BCUT2D eigenvalue weighted by Crippen LogP contribution is -2.35. The van der Waals surface area contributed by atoms with E-state index < -0.39 is 0 Å². The molecule has 0 spiro atoms. The third-order valence-electron chi connectivity index (χ3n) is 4.54. The first kappa shape index (κ1) is 14.5. The van der Waals surface area contributed by atoms with Gasteiger partial charge in [-0.2, -0.15) is 0 Å². The van der Waals surface area contributed by atoms with Gasteiger partial charge in [0.25, 0.3) is 0 Å². The molecule has 1 aliphatic rings. The van der Waals surface area contributed by atoms with E-state index in [4.69, 9.17) is 4.74 Å². The van der Waals surface area contributed by atoms with Crippen LogP contribution in [0.15, 0.2) is 18.5 Å². The monoisotopic (exact) mass is 262 g/mol. The molecule has 0 amide bonds. The largest absolute Gasteiger partial charge is 0.375 e. The van der Waals surface area contributed by atoms with Crippen LogP contribution in [0.3, 0.4) is 0 Å². The predicted molar refractivity (Wildman–Crippen MR) is 78.1 cm³/mol. The summed E-state index contributed by atoms with van der Waals surface area (Å²) < 4.78 is 6.01. The highest BCUT2D eigenvalue weighted by atomic mass is 16.5. The van der Waals surface area contributed by atoms with Crippen molar-refractivity contribution in [2.75, 3.05) is 6.54 Å². The highest BCUT2D eigenvalue weighted by Crippen LogP contribution is 2.41. The van der Waals surface area contributed by atoms with Crippen LogP contribution in [0.5, 0.6) is 0 Å². The molecule has 0 aliphatic carbocycles. The molecule has 1 fully saturated rings. The second-order valence-electron chi connectivity index (χ2n) is 5.75. The molecule has 2 heterocycles. The second kappa shape index (κ2) is 6.02. The van der Waals surface area contributed by atoms with Crippen LogP contribution in [-0.4, -0.2) is 23.7 Å². The number of pyridine rings is 1. The quantitative estimate of drug-likeness (QED) is 0.905. The molecule has 2 rings (SSSR count). The van der Waals surface area contributed by atoms with Crippen LogP contribution in [0.4, 0.5) is 0 Å². The van der Waals surface area contributed by atoms with E-state index >= 15 is 0 Å². The van der Waals surface area contributed by atoms with E-state index in [9.17, 15) is 0 Å². The number of nitrogens with one attached hydrogen (secondary N) is 1. The Morgan fingerprint density at radius 2 is 2.05 bits per heavy atom. The van der Waals surface area contributed by atoms with Crippen molar-refractivity contribution in [3.63, 3.8) is 0 Å². The van der Waals surface area contributed by atoms with E-state index in [2.05, 4.69) is 51.0 Å². The molecule has 3 heteroatoms. The molecular weight excluding hydrogens is 236 g/mol. The Labute approximate surface area is 116 Å². The highest BCUT2D eigenvalue weighted by molar-refractivity contribution is 5.26. The van der Waals surface area contributed by atoms with Crippen molar-refractivity contribution in [2.24, 2.45) is 11.8 Å². The van der Waals surface area contributed by atoms with Crippen LogP contribution in [0.25, 0.3) is 0 Å². The smallest absolute Gasteiger partial charge is 0.0600 e. The normalized spacial score (nSPS) is 32.5. The van der Waals surface area contributed by atoms with Gasteiger partial charge in [0.05, 0.1) is 12.2 Å². The Morgan fingerprint density at radius 3 is 2.58 bits per heavy atom. The molecule has 1 aliphatic heterocycles. The Bertz CT molecular complexity index is 421. The maximum Gasteiger partial charge on any atom is 0.0600 e. The van der Waals surface area contributed by atoms with Gasteiger partial charge in [-0.1, -0.05) is 13.8 Å². The van der Waals surface area contributed by atoms with Gasteiger partial charge in [-0.25, -0.2) is 0 Å². The molecule has 1 saturated heterocycles. The molecule has 106 valence electrons. The Kier molecular flexibility index (Phi) is 4.58. The summed E-state index contributed by atoms with van der Waals surface area (Å²) in [6.07, 6.45) is 4.49. The molecule has 0 bridgehead atoms. The van der Waals surface area contributed by atoms with Gasteiger partial charge < -0.3 is 10.1 Å². The molecule has 0 saturated carbocycles. The fraction of sp³-hybridized carbons (Fsp3) is 0.688. The maximum atomic E-state index is 6.01. The Hall–Kier alpha value is -0.930. The lowest BCUT2D eigenvalue weighted by molar-refractivity contribution is 0.0475. The molecule has 0 radical (unpaired) electrons. The number of aromatic nitrogens is 1. The first-order valence-electron chi connectivity index (χ1n) is 7.35. The molecule has 5 atom stereocenters. The zero-order valence-electron chi connectivity index (χ0n) is 12.7. The van der Waals surface area contributed by atoms with Crippen molar-refractivity contribution in [1.82, 2.24) is 10.3 Å². The van der Waals surface area contributed by atoms with E-state index in [0.29, 0.717) is 24.0 Å². The number of rotatable bonds is 4. The fourth-order valence-corrected chi connectivity index (χ4v) is 3.34. The van der Waals surface area contributed by atoms with Gasteiger partial charge in [0, 0.05) is 24.4 Å². The molecule has 5 unspecified atom stereocenters. The van der Waals surface area contributed by atoms with E-state index in [-0.39, 0.29) is 6.10 Å². The van der Waals surface area contributed by atoms with Crippen LogP contribution in [0.1, 0.15) is 44.9 Å². The predicted octanol–water partition coefficient (Wildman–Crippen LogP) is 3.10. The van der Waals surface area contributed by atoms with Crippen molar-refractivity contribution >= 4 is 0 Å². The van der Waals surface area contributed by atoms with Crippen LogP contribution in [0.2, 0.25) is 0 Å². The van der Waals surface area contributed by atoms with Gasteiger partial charge in [0.2, 0.25) is 0 Å². The summed E-state index contributed by atoms with van der Waals surface area (Å²) in [5.41, 5.74) is 2.62. The number of ether oxygens (including phenoxy) is 1. The SMILES string of the molecule is CCNC(c1cnccc1C)C1C(C)OC(C)C1C. The van der Waals surface area contributed by atoms with Crippen molar-refractivity contribution in [2.45, 2.75) is 52.9 Å². The molecule has 19 heavy (non-hydrogen) atoms. The zero-order valence-corrected chi connectivity index (χ0v) is 12.7. The van der Waals surface area contributed by atoms with E-state index in [1.54, 1.807) is 0 Å². The highest BCUT2D eigenvalue weighted by Gasteiger charge is 2.42. The molecule has 1 aromatic heterocycles. The van der Waals surface area contributed by atoms with Crippen molar-refractivity contribution < 1.29 is 4.74 Å². The summed E-state index contributed by atoms with van der Waals surface area (Å²) in [5.74, 6) is 1.05. The number of hydrogen-bond donors (Lipinski definition) is 1. The summed E-state index contributed by atoms with van der Waals surface area (Å²) in [7, 11) is 0. The van der Waals surface area contributed by atoms with E-state index in [1.807, 2.05) is 12.4 Å². The topological polar surface area (TPSA) is 34.2 Å². The van der Waals surface area contributed by atoms with Gasteiger partial charge in [0.15, 0.2) is 0 Å². The van der Waals surface area contributed by atoms with Crippen LogP contribution in [-0.2, 0) is 4.74 Å². The van der Waals surface area contributed by atoms with Gasteiger partial charge in [0.1, 0.15) is 0 Å². The Balaban J connectivity index is 2.33. The summed E-state index contributed by atoms with van der Waals surface area (Å²) in [6.45, 7) is 12.0. The zero-order chi connectivity index (χ0) is 14.0.